The zero-order valence-electron chi connectivity index (χ0n) is 18.9. The summed E-state index contributed by atoms with van der Waals surface area (Å²) in [6, 6.07) is 0. The second-order valence-corrected chi connectivity index (χ2v) is 9.80. The molecule has 0 atom stereocenters. The molecule has 0 aliphatic heterocycles. The molecule has 0 N–H and O–H groups in total. The lowest BCUT2D eigenvalue weighted by Crippen LogP contribution is -2.25. The molecule has 0 radical (unpaired) electrons. The number of rotatable bonds is 11. The predicted molar refractivity (Wildman–Crippen MR) is 112 cm³/mol. The molecule has 0 aromatic heterocycles. The molecular formula is C23H42O4. The first-order chi connectivity index (χ1) is 12.3. The van der Waals surface area contributed by atoms with E-state index in [9.17, 15) is 9.59 Å². The SMILES string of the molecule is CC(C)CCCCCCC/C(=C/C(=O)OC(C)(C)C)CC(=O)OC(C)(C)C. The Labute approximate surface area is 167 Å². The number of carbonyl (C=O) groups excluding carboxylic acids is 2. The highest BCUT2D eigenvalue weighted by molar-refractivity contribution is 5.85. The number of hydrogen-bond acceptors (Lipinski definition) is 4. The number of hydrogen-bond donors (Lipinski definition) is 0. The normalized spacial score (nSPS) is 13.0. The van der Waals surface area contributed by atoms with Crippen molar-refractivity contribution < 1.29 is 19.1 Å². The molecule has 0 saturated carbocycles. The predicted octanol–water partition coefficient (Wildman–Crippen LogP) is 6.37. The monoisotopic (exact) mass is 382 g/mol. The smallest absolute Gasteiger partial charge is 0.331 e. The van der Waals surface area contributed by atoms with Crippen molar-refractivity contribution >= 4 is 11.9 Å². The highest BCUT2D eigenvalue weighted by Crippen LogP contribution is 2.19. The fraction of sp³-hybridized carbons (Fsp3) is 0.826. The summed E-state index contributed by atoms with van der Waals surface area (Å²) in [7, 11) is 0. The van der Waals surface area contributed by atoms with Gasteiger partial charge in [-0.05, 0) is 60.3 Å². The maximum Gasteiger partial charge on any atom is 0.331 e. The van der Waals surface area contributed by atoms with Gasteiger partial charge in [-0.15, -0.1) is 0 Å². The molecule has 0 saturated heterocycles. The summed E-state index contributed by atoms with van der Waals surface area (Å²) >= 11 is 0. The molecular weight excluding hydrogens is 340 g/mol. The minimum Gasteiger partial charge on any atom is -0.460 e. The van der Waals surface area contributed by atoms with Crippen LogP contribution < -0.4 is 0 Å². The van der Waals surface area contributed by atoms with Crippen molar-refractivity contribution in [1.29, 1.82) is 0 Å². The van der Waals surface area contributed by atoms with Gasteiger partial charge in [-0.25, -0.2) is 4.79 Å². The van der Waals surface area contributed by atoms with Gasteiger partial charge in [-0.3, -0.25) is 4.79 Å². The Morgan fingerprint density at radius 3 is 1.85 bits per heavy atom. The molecule has 4 nitrogen and oxygen atoms in total. The molecule has 0 unspecified atom stereocenters. The van der Waals surface area contributed by atoms with Crippen LogP contribution >= 0.6 is 0 Å². The van der Waals surface area contributed by atoms with Crippen LogP contribution in [0.1, 0.15) is 107 Å². The first-order valence-corrected chi connectivity index (χ1v) is 10.4. The van der Waals surface area contributed by atoms with E-state index in [-0.39, 0.29) is 12.4 Å². The second kappa shape index (κ2) is 12.2. The minimum atomic E-state index is -0.541. The topological polar surface area (TPSA) is 52.6 Å². The van der Waals surface area contributed by atoms with Crippen LogP contribution in [0.5, 0.6) is 0 Å². The first-order valence-electron chi connectivity index (χ1n) is 10.4. The maximum absolute atomic E-state index is 12.2. The molecule has 0 heterocycles. The lowest BCUT2D eigenvalue weighted by Gasteiger charge is -2.21. The highest BCUT2D eigenvalue weighted by atomic mass is 16.6. The third-order valence-electron chi connectivity index (χ3n) is 3.80. The number of esters is 2. The fourth-order valence-corrected chi connectivity index (χ4v) is 2.71. The molecule has 0 amide bonds. The Bertz CT molecular complexity index is 476. The summed E-state index contributed by atoms with van der Waals surface area (Å²) in [6.45, 7) is 15.6. The van der Waals surface area contributed by atoms with Crippen LogP contribution in [0.4, 0.5) is 0 Å². The van der Waals surface area contributed by atoms with E-state index < -0.39 is 17.2 Å². The zero-order valence-corrected chi connectivity index (χ0v) is 18.9. The average Bonchev–Trinajstić information content (AvgIpc) is 2.41. The lowest BCUT2D eigenvalue weighted by atomic mass is 10.0. The fourth-order valence-electron chi connectivity index (χ4n) is 2.71. The average molecular weight is 383 g/mol. The van der Waals surface area contributed by atoms with E-state index >= 15 is 0 Å². The molecule has 0 bridgehead atoms. The summed E-state index contributed by atoms with van der Waals surface area (Å²) in [6.07, 6.45) is 9.42. The van der Waals surface area contributed by atoms with Gasteiger partial charge in [0.2, 0.25) is 0 Å². The van der Waals surface area contributed by atoms with Gasteiger partial charge < -0.3 is 9.47 Å². The Hall–Kier alpha value is -1.32. The van der Waals surface area contributed by atoms with Crippen molar-refractivity contribution in [2.24, 2.45) is 5.92 Å². The Morgan fingerprint density at radius 2 is 1.33 bits per heavy atom. The molecule has 158 valence electrons. The van der Waals surface area contributed by atoms with E-state index in [4.69, 9.17) is 9.47 Å². The van der Waals surface area contributed by atoms with Gasteiger partial charge in [0, 0.05) is 6.08 Å². The van der Waals surface area contributed by atoms with Gasteiger partial charge in [-0.2, -0.15) is 0 Å². The van der Waals surface area contributed by atoms with Crippen molar-refractivity contribution in [3.63, 3.8) is 0 Å². The Kier molecular flexibility index (Phi) is 11.6. The van der Waals surface area contributed by atoms with Gasteiger partial charge in [0.05, 0.1) is 6.42 Å². The van der Waals surface area contributed by atoms with Crippen molar-refractivity contribution in [3.8, 4) is 0 Å². The largest absolute Gasteiger partial charge is 0.460 e. The molecule has 0 aromatic rings. The molecule has 0 aromatic carbocycles. The zero-order chi connectivity index (χ0) is 21.1. The van der Waals surface area contributed by atoms with E-state index in [2.05, 4.69) is 13.8 Å². The summed E-state index contributed by atoms with van der Waals surface area (Å²) in [5, 5.41) is 0. The molecule has 0 aliphatic carbocycles. The van der Waals surface area contributed by atoms with Crippen LogP contribution in [0, 0.1) is 5.92 Å². The number of ether oxygens (including phenoxy) is 2. The molecule has 27 heavy (non-hydrogen) atoms. The molecule has 0 spiro atoms. The Balaban J connectivity index is 4.60. The lowest BCUT2D eigenvalue weighted by molar-refractivity contribution is -0.153. The molecule has 0 aliphatic rings. The van der Waals surface area contributed by atoms with Gasteiger partial charge in [0.25, 0.3) is 0 Å². The number of carbonyl (C=O) groups is 2. The molecule has 0 rings (SSSR count). The summed E-state index contributed by atoms with van der Waals surface area (Å²) in [5.74, 6) is 0.0782. The van der Waals surface area contributed by atoms with Crippen LogP contribution in [0.25, 0.3) is 0 Å². The first kappa shape index (κ1) is 25.7. The van der Waals surface area contributed by atoms with E-state index in [0.29, 0.717) is 0 Å². The van der Waals surface area contributed by atoms with E-state index in [0.717, 1.165) is 30.8 Å². The van der Waals surface area contributed by atoms with E-state index in [1.807, 2.05) is 41.5 Å². The highest BCUT2D eigenvalue weighted by Gasteiger charge is 2.19. The van der Waals surface area contributed by atoms with Gasteiger partial charge >= 0.3 is 11.9 Å². The van der Waals surface area contributed by atoms with Crippen LogP contribution in [0.15, 0.2) is 11.6 Å². The third-order valence-corrected chi connectivity index (χ3v) is 3.80. The minimum absolute atomic E-state index is 0.143. The van der Waals surface area contributed by atoms with Crippen LogP contribution in [-0.2, 0) is 19.1 Å². The summed E-state index contributed by atoms with van der Waals surface area (Å²) in [4.78, 5) is 24.3. The van der Waals surface area contributed by atoms with Crippen molar-refractivity contribution in [2.45, 2.75) is 118 Å². The summed E-state index contributed by atoms with van der Waals surface area (Å²) < 4.78 is 10.8. The van der Waals surface area contributed by atoms with E-state index in [1.165, 1.54) is 31.8 Å². The Morgan fingerprint density at radius 1 is 0.815 bits per heavy atom. The standard InChI is InChI=1S/C23H42O4/c1-18(2)14-12-10-9-11-13-15-19(16-20(24)26-22(3,4)5)17-21(25)27-23(6,7)8/h16,18H,9-15,17H2,1-8H3/b19-16-. The summed E-state index contributed by atoms with van der Waals surface area (Å²) in [5.41, 5.74) is -0.272. The third kappa shape index (κ3) is 17.8. The second-order valence-electron chi connectivity index (χ2n) is 9.80. The molecule has 4 heteroatoms. The van der Waals surface area contributed by atoms with Crippen LogP contribution in [0.2, 0.25) is 0 Å². The maximum atomic E-state index is 12.2. The molecule has 0 fully saturated rings. The van der Waals surface area contributed by atoms with Crippen molar-refractivity contribution in [2.75, 3.05) is 0 Å². The van der Waals surface area contributed by atoms with Crippen LogP contribution in [0.3, 0.4) is 0 Å². The van der Waals surface area contributed by atoms with Gasteiger partial charge in [0.1, 0.15) is 11.2 Å². The van der Waals surface area contributed by atoms with Gasteiger partial charge in [-0.1, -0.05) is 51.5 Å². The van der Waals surface area contributed by atoms with E-state index in [1.54, 1.807) is 0 Å². The van der Waals surface area contributed by atoms with Crippen molar-refractivity contribution in [3.05, 3.63) is 11.6 Å². The number of unbranched alkanes of at least 4 members (excludes halogenated alkanes) is 4. The van der Waals surface area contributed by atoms with Crippen molar-refractivity contribution in [1.82, 2.24) is 0 Å². The van der Waals surface area contributed by atoms with Gasteiger partial charge in [0.15, 0.2) is 0 Å². The quantitative estimate of drug-likeness (QED) is 0.236. The van der Waals surface area contributed by atoms with Crippen LogP contribution in [-0.4, -0.2) is 23.1 Å².